The molecule has 3 nitrogen and oxygen atoms in total. The molecule has 0 aliphatic rings. The first-order valence-corrected chi connectivity index (χ1v) is 4.58. The molecule has 0 amide bonds. The van der Waals surface area contributed by atoms with Crippen molar-refractivity contribution in [3.63, 3.8) is 0 Å². The Morgan fingerprint density at radius 1 is 1.43 bits per heavy atom. The van der Waals surface area contributed by atoms with E-state index < -0.39 is 11.5 Å². The van der Waals surface area contributed by atoms with E-state index in [0.717, 1.165) is 5.56 Å². The highest BCUT2D eigenvalue weighted by molar-refractivity contribution is 5.77. The normalized spacial score (nSPS) is 14.7. The molecule has 0 saturated carbocycles. The van der Waals surface area contributed by atoms with Crippen LogP contribution in [0.15, 0.2) is 30.3 Å². The van der Waals surface area contributed by atoms with E-state index in [2.05, 4.69) is 0 Å². The predicted molar refractivity (Wildman–Crippen MR) is 55.0 cm³/mol. The van der Waals surface area contributed by atoms with Gasteiger partial charge in [-0.1, -0.05) is 30.3 Å². The number of rotatable bonds is 4. The average molecular weight is 193 g/mol. The molecule has 0 saturated heterocycles. The molecule has 3 heteroatoms. The van der Waals surface area contributed by atoms with Gasteiger partial charge in [-0.2, -0.15) is 0 Å². The van der Waals surface area contributed by atoms with Crippen LogP contribution in [-0.4, -0.2) is 16.6 Å². The number of aryl methyl sites for hydroxylation is 1. The zero-order valence-corrected chi connectivity index (χ0v) is 8.23. The van der Waals surface area contributed by atoms with Gasteiger partial charge >= 0.3 is 5.97 Å². The lowest BCUT2D eigenvalue weighted by Crippen LogP contribution is -2.45. The van der Waals surface area contributed by atoms with Gasteiger partial charge in [-0.25, -0.2) is 0 Å². The van der Waals surface area contributed by atoms with Gasteiger partial charge in [0.1, 0.15) is 5.54 Å². The van der Waals surface area contributed by atoms with Gasteiger partial charge in [0.05, 0.1) is 0 Å². The van der Waals surface area contributed by atoms with Crippen LogP contribution >= 0.6 is 0 Å². The van der Waals surface area contributed by atoms with Crippen molar-refractivity contribution in [3.8, 4) is 0 Å². The maximum absolute atomic E-state index is 10.7. The van der Waals surface area contributed by atoms with Crippen LogP contribution in [-0.2, 0) is 11.2 Å². The maximum Gasteiger partial charge on any atom is 0.323 e. The van der Waals surface area contributed by atoms with Crippen molar-refractivity contribution in [2.75, 3.05) is 0 Å². The summed E-state index contributed by atoms with van der Waals surface area (Å²) in [6, 6.07) is 9.74. The Morgan fingerprint density at radius 3 is 2.50 bits per heavy atom. The third-order valence-electron chi connectivity index (χ3n) is 2.26. The van der Waals surface area contributed by atoms with Crippen molar-refractivity contribution in [2.24, 2.45) is 5.73 Å². The van der Waals surface area contributed by atoms with Crippen molar-refractivity contribution < 1.29 is 9.90 Å². The standard InChI is InChI=1S/C11H15NO2/c1-11(12,10(13)14)8-7-9-5-3-2-4-6-9/h2-6H,7-8,12H2,1H3,(H,13,14)/t11-/m0/s1. The molecule has 0 aliphatic heterocycles. The Hall–Kier alpha value is -1.35. The van der Waals surface area contributed by atoms with E-state index in [9.17, 15) is 4.79 Å². The van der Waals surface area contributed by atoms with Crippen molar-refractivity contribution >= 4 is 5.97 Å². The summed E-state index contributed by atoms with van der Waals surface area (Å²) < 4.78 is 0. The van der Waals surface area contributed by atoms with Crippen molar-refractivity contribution in [2.45, 2.75) is 25.3 Å². The molecule has 0 radical (unpaired) electrons. The highest BCUT2D eigenvalue weighted by Crippen LogP contribution is 2.11. The molecule has 0 aliphatic carbocycles. The number of hydrogen-bond donors (Lipinski definition) is 2. The largest absolute Gasteiger partial charge is 0.480 e. The Kier molecular flexibility index (Phi) is 3.25. The summed E-state index contributed by atoms with van der Waals surface area (Å²) in [6.45, 7) is 1.54. The van der Waals surface area contributed by atoms with Gasteiger partial charge < -0.3 is 10.8 Å². The summed E-state index contributed by atoms with van der Waals surface area (Å²) in [7, 11) is 0. The summed E-state index contributed by atoms with van der Waals surface area (Å²) >= 11 is 0. The van der Waals surface area contributed by atoms with E-state index in [-0.39, 0.29) is 0 Å². The number of hydrogen-bond acceptors (Lipinski definition) is 2. The van der Waals surface area contributed by atoms with Crippen molar-refractivity contribution in [1.29, 1.82) is 0 Å². The molecule has 1 aromatic carbocycles. The summed E-state index contributed by atoms with van der Waals surface area (Å²) in [6.07, 6.45) is 1.15. The second-order valence-corrected chi connectivity index (χ2v) is 3.71. The molecule has 0 unspecified atom stereocenters. The molecule has 0 bridgehead atoms. The molecule has 3 N–H and O–H groups in total. The predicted octanol–water partition coefficient (Wildman–Crippen LogP) is 1.42. The van der Waals surface area contributed by atoms with Crippen LogP contribution in [0.4, 0.5) is 0 Å². The number of aliphatic carboxylic acids is 1. The highest BCUT2D eigenvalue weighted by Gasteiger charge is 2.26. The Bertz CT molecular complexity index is 306. The Labute approximate surface area is 83.6 Å². The Balaban J connectivity index is 2.53. The number of benzene rings is 1. The second kappa shape index (κ2) is 4.24. The van der Waals surface area contributed by atoms with Gasteiger partial charge in [-0.05, 0) is 25.3 Å². The summed E-state index contributed by atoms with van der Waals surface area (Å²) in [4.78, 5) is 10.7. The number of carbonyl (C=O) groups is 1. The number of nitrogens with two attached hydrogens (primary N) is 1. The minimum atomic E-state index is -1.13. The van der Waals surface area contributed by atoms with E-state index in [0.29, 0.717) is 12.8 Å². The molecular formula is C11H15NO2. The molecule has 0 spiro atoms. The molecule has 14 heavy (non-hydrogen) atoms. The first-order chi connectivity index (χ1) is 6.52. The van der Waals surface area contributed by atoms with Crippen molar-refractivity contribution in [1.82, 2.24) is 0 Å². The first kappa shape index (κ1) is 10.7. The third kappa shape index (κ3) is 2.85. The molecular weight excluding hydrogens is 178 g/mol. The zero-order chi connectivity index (χ0) is 10.6. The number of carboxylic acids is 1. The fourth-order valence-electron chi connectivity index (χ4n) is 1.16. The lowest BCUT2D eigenvalue weighted by molar-refractivity contribution is -0.142. The van der Waals surface area contributed by atoms with Gasteiger partial charge in [0.25, 0.3) is 0 Å². The van der Waals surface area contributed by atoms with Crippen LogP contribution in [0.1, 0.15) is 18.9 Å². The highest BCUT2D eigenvalue weighted by atomic mass is 16.4. The fourth-order valence-corrected chi connectivity index (χ4v) is 1.16. The van der Waals surface area contributed by atoms with Gasteiger partial charge in [-0.15, -0.1) is 0 Å². The van der Waals surface area contributed by atoms with Gasteiger partial charge in [0.2, 0.25) is 0 Å². The van der Waals surface area contributed by atoms with E-state index in [1.165, 1.54) is 6.92 Å². The van der Waals surface area contributed by atoms with Crippen LogP contribution < -0.4 is 5.73 Å². The monoisotopic (exact) mass is 193 g/mol. The van der Waals surface area contributed by atoms with Crippen molar-refractivity contribution in [3.05, 3.63) is 35.9 Å². The van der Waals surface area contributed by atoms with Crippen LogP contribution in [0.2, 0.25) is 0 Å². The summed E-state index contributed by atoms with van der Waals surface area (Å²) in [5.41, 5.74) is 5.59. The molecule has 0 fully saturated rings. The Morgan fingerprint density at radius 2 is 2.00 bits per heavy atom. The van der Waals surface area contributed by atoms with Gasteiger partial charge in [0.15, 0.2) is 0 Å². The molecule has 76 valence electrons. The van der Waals surface area contributed by atoms with E-state index in [1.54, 1.807) is 0 Å². The third-order valence-corrected chi connectivity index (χ3v) is 2.26. The first-order valence-electron chi connectivity index (χ1n) is 4.58. The molecule has 1 aromatic rings. The smallest absolute Gasteiger partial charge is 0.323 e. The maximum atomic E-state index is 10.7. The lowest BCUT2D eigenvalue weighted by Gasteiger charge is -2.18. The topological polar surface area (TPSA) is 63.3 Å². The van der Waals surface area contributed by atoms with Crippen LogP contribution in [0, 0.1) is 0 Å². The minimum absolute atomic E-state index is 0.451. The SMILES string of the molecule is C[C@](N)(CCc1ccccc1)C(=O)O. The molecule has 0 heterocycles. The van der Waals surface area contributed by atoms with E-state index in [1.807, 2.05) is 30.3 Å². The quantitative estimate of drug-likeness (QED) is 0.760. The number of carboxylic acid groups (broad SMARTS) is 1. The van der Waals surface area contributed by atoms with Crippen LogP contribution in [0.3, 0.4) is 0 Å². The molecule has 0 aromatic heterocycles. The van der Waals surface area contributed by atoms with Gasteiger partial charge in [-0.3, -0.25) is 4.79 Å². The van der Waals surface area contributed by atoms with Crippen LogP contribution in [0.25, 0.3) is 0 Å². The lowest BCUT2D eigenvalue weighted by atomic mass is 9.95. The molecule has 1 atom stereocenters. The molecule has 1 rings (SSSR count). The summed E-state index contributed by atoms with van der Waals surface area (Å²) in [5.74, 6) is -0.951. The van der Waals surface area contributed by atoms with Crippen LogP contribution in [0.5, 0.6) is 0 Å². The second-order valence-electron chi connectivity index (χ2n) is 3.71. The summed E-state index contributed by atoms with van der Waals surface area (Å²) in [5, 5.41) is 8.79. The van der Waals surface area contributed by atoms with Gasteiger partial charge in [0, 0.05) is 0 Å². The van der Waals surface area contributed by atoms with E-state index in [4.69, 9.17) is 10.8 Å². The zero-order valence-electron chi connectivity index (χ0n) is 8.23. The minimum Gasteiger partial charge on any atom is -0.480 e. The van der Waals surface area contributed by atoms with E-state index >= 15 is 0 Å². The average Bonchev–Trinajstić information content (AvgIpc) is 2.16. The fraction of sp³-hybridized carbons (Fsp3) is 0.364.